The number of anilines is 1. The molecule has 1 atom stereocenters. The molecule has 1 saturated carbocycles. The molecule has 116 valence electrons. The number of carbonyl (C=O) groups excluding carboxylic acids is 1. The smallest absolute Gasteiger partial charge is 0.256 e. The molecule has 0 spiro atoms. The van der Waals surface area contributed by atoms with E-state index < -0.39 is 5.82 Å². The Bertz CT molecular complexity index is 503. The molecule has 0 saturated heterocycles. The Morgan fingerprint density at radius 3 is 2.81 bits per heavy atom. The number of carbonyl (C=O) groups is 1. The first-order chi connectivity index (χ1) is 10.1. The van der Waals surface area contributed by atoms with Crippen molar-refractivity contribution in [2.45, 2.75) is 25.8 Å². The number of para-hydroxylation sites is 1. The van der Waals surface area contributed by atoms with Gasteiger partial charge in [0.25, 0.3) is 5.91 Å². The fourth-order valence-corrected chi connectivity index (χ4v) is 2.62. The van der Waals surface area contributed by atoms with Gasteiger partial charge in [0.15, 0.2) is 0 Å². The molecule has 0 aromatic heterocycles. The number of amides is 1. The molecule has 21 heavy (non-hydrogen) atoms. The highest BCUT2D eigenvalue weighted by Gasteiger charge is 2.35. The molecule has 0 radical (unpaired) electrons. The molecule has 1 aliphatic carbocycles. The van der Waals surface area contributed by atoms with Crippen LogP contribution in [-0.4, -0.2) is 44.2 Å². The molecule has 1 N–H and O–H groups in total. The first-order valence-corrected chi connectivity index (χ1v) is 7.36. The first kappa shape index (κ1) is 15.8. The van der Waals surface area contributed by atoms with Crippen LogP contribution < -0.4 is 5.32 Å². The molecular weight excluding hydrogens is 271 g/mol. The van der Waals surface area contributed by atoms with Gasteiger partial charge in [-0.2, -0.15) is 0 Å². The zero-order chi connectivity index (χ0) is 15.4. The van der Waals surface area contributed by atoms with Gasteiger partial charge in [-0.1, -0.05) is 6.07 Å². The number of methoxy groups -OCH3 is 1. The summed E-state index contributed by atoms with van der Waals surface area (Å²) in [5.74, 6) is 0.00168. The maximum absolute atomic E-state index is 13.8. The Morgan fingerprint density at radius 2 is 2.24 bits per heavy atom. The van der Waals surface area contributed by atoms with Gasteiger partial charge in [0, 0.05) is 26.7 Å². The maximum atomic E-state index is 13.8. The fraction of sp³-hybridized carbons (Fsp3) is 0.562. The lowest BCUT2D eigenvalue weighted by Gasteiger charge is -2.30. The Kier molecular flexibility index (Phi) is 5.17. The monoisotopic (exact) mass is 294 g/mol. The Morgan fingerprint density at radius 1 is 1.52 bits per heavy atom. The molecule has 1 aliphatic rings. The summed E-state index contributed by atoms with van der Waals surface area (Å²) in [6, 6.07) is 4.74. The van der Waals surface area contributed by atoms with Gasteiger partial charge >= 0.3 is 0 Å². The van der Waals surface area contributed by atoms with Crippen LogP contribution in [0.4, 0.5) is 10.1 Å². The van der Waals surface area contributed by atoms with Gasteiger partial charge in [-0.3, -0.25) is 4.79 Å². The van der Waals surface area contributed by atoms with Gasteiger partial charge in [0.2, 0.25) is 0 Å². The van der Waals surface area contributed by atoms with Crippen molar-refractivity contribution >= 4 is 11.6 Å². The topological polar surface area (TPSA) is 41.6 Å². The number of nitrogens with one attached hydrogen (secondary N) is 1. The van der Waals surface area contributed by atoms with Gasteiger partial charge < -0.3 is 15.0 Å². The van der Waals surface area contributed by atoms with E-state index in [1.165, 1.54) is 6.07 Å². The second-order valence-corrected chi connectivity index (χ2v) is 5.48. The molecule has 2 rings (SSSR count). The Hall–Kier alpha value is -1.62. The summed E-state index contributed by atoms with van der Waals surface area (Å²) < 4.78 is 18.9. The van der Waals surface area contributed by atoms with E-state index in [0.717, 1.165) is 12.8 Å². The third kappa shape index (κ3) is 3.53. The number of hydrogen-bond acceptors (Lipinski definition) is 3. The molecule has 1 fully saturated rings. The molecular formula is C16H23FN2O2. The van der Waals surface area contributed by atoms with Gasteiger partial charge in [-0.25, -0.2) is 4.39 Å². The number of nitrogens with zero attached hydrogens (tertiary/aromatic N) is 1. The van der Waals surface area contributed by atoms with Crippen LogP contribution in [0.3, 0.4) is 0 Å². The minimum atomic E-state index is -0.408. The minimum absolute atomic E-state index is 0.143. The van der Waals surface area contributed by atoms with Crippen molar-refractivity contribution in [3.8, 4) is 0 Å². The summed E-state index contributed by atoms with van der Waals surface area (Å²) in [5, 5.41) is 2.79. The predicted octanol–water partition coefficient (Wildman–Crippen LogP) is 2.75. The maximum Gasteiger partial charge on any atom is 0.256 e. The van der Waals surface area contributed by atoms with Crippen LogP contribution in [-0.2, 0) is 4.74 Å². The lowest BCUT2D eigenvalue weighted by Crippen LogP contribution is -2.42. The molecule has 0 heterocycles. The van der Waals surface area contributed by atoms with Crippen molar-refractivity contribution in [3.63, 3.8) is 0 Å². The van der Waals surface area contributed by atoms with Crippen LogP contribution in [0.1, 0.15) is 30.1 Å². The summed E-state index contributed by atoms with van der Waals surface area (Å²) in [5.41, 5.74) is 0.633. The van der Waals surface area contributed by atoms with Crippen LogP contribution in [0.2, 0.25) is 0 Å². The summed E-state index contributed by atoms with van der Waals surface area (Å²) in [4.78, 5) is 14.6. The van der Waals surface area contributed by atoms with Crippen molar-refractivity contribution in [1.82, 2.24) is 4.90 Å². The van der Waals surface area contributed by atoms with Crippen LogP contribution >= 0.6 is 0 Å². The molecule has 1 unspecified atom stereocenters. The normalized spacial score (nSPS) is 15.6. The zero-order valence-electron chi connectivity index (χ0n) is 12.9. The molecule has 1 aromatic rings. The van der Waals surface area contributed by atoms with E-state index in [-0.39, 0.29) is 17.6 Å². The third-order valence-corrected chi connectivity index (χ3v) is 4.09. The summed E-state index contributed by atoms with van der Waals surface area (Å²) in [6.45, 7) is 3.06. The van der Waals surface area contributed by atoms with Crippen LogP contribution in [0.5, 0.6) is 0 Å². The van der Waals surface area contributed by atoms with Crippen molar-refractivity contribution in [3.05, 3.63) is 29.6 Å². The SMILES string of the molecule is CNc1c(F)cccc1C(=O)N(CCOC)C(C)C1CC1. The molecule has 0 bridgehead atoms. The van der Waals surface area contributed by atoms with Gasteiger partial charge in [0.1, 0.15) is 5.82 Å². The van der Waals surface area contributed by atoms with E-state index in [1.54, 1.807) is 31.2 Å². The summed E-state index contributed by atoms with van der Waals surface area (Å²) in [6.07, 6.45) is 2.31. The minimum Gasteiger partial charge on any atom is -0.385 e. The standard InChI is InChI=1S/C16H23FN2O2/c1-11(12-7-8-12)19(9-10-21-3)16(20)13-5-4-6-14(17)15(13)18-2/h4-6,11-12,18H,7-10H2,1-3H3. The summed E-state index contributed by atoms with van der Waals surface area (Å²) >= 11 is 0. The highest BCUT2D eigenvalue weighted by molar-refractivity contribution is 5.99. The van der Waals surface area contributed by atoms with Crippen molar-refractivity contribution < 1.29 is 13.9 Å². The van der Waals surface area contributed by atoms with Gasteiger partial charge in [-0.15, -0.1) is 0 Å². The van der Waals surface area contributed by atoms with Crippen molar-refractivity contribution in [1.29, 1.82) is 0 Å². The average Bonchev–Trinajstić information content (AvgIpc) is 3.31. The number of ether oxygens (including phenoxy) is 1. The number of halogens is 1. The quantitative estimate of drug-likeness (QED) is 0.841. The largest absolute Gasteiger partial charge is 0.385 e. The third-order valence-electron chi connectivity index (χ3n) is 4.09. The van der Waals surface area contributed by atoms with Crippen LogP contribution in [0.25, 0.3) is 0 Å². The second-order valence-electron chi connectivity index (χ2n) is 5.48. The lowest BCUT2D eigenvalue weighted by atomic mass is 10.1. The average molecular weight is 294 g/mol. The van der Waals surface area contributed by atoms with E-state index in [1.807, 2.05) is 0 Å². The predicted molar refractivity (Wildman–Crippen MR) is 81.0 cm³/mol. The molecule has 0 aliphatic heterocycles. The molecule has 1 amide bonds. The number of hydrogen-bond donors (Lipinski definition) is 1. The fourth-order valence-electron chi connectivity index (χ4n) is 2.62. The Balaban J connectivity index is 2.26. The van der Waals surface area contributed by atoms with E-state index in [9.17, 15) is 9.18 Å². The van der Waals surface area contributed by atoms with E-state index >= 15 is 0 Å². The zero-order valence-corrected chi connectivity index (χ0v) is 12.9. The van der Waals surface area contributed by atoms with Gasteiger partial charge in [-0.05, 0) is 37.8 Å². The van der Waals surface area contributed by atoms with E-state index in [2.05, 4.69) is 12.2 Å². The first-order valence-electron chi connectivity index (χ1n) is 7.36. The summed E-state index contributed by atoms with van der Waals surface area (Å²) in [7, 11) is 3.24. The number of rotatable bonds is 7. The highest BCUT2D eigenvalue weighted by Crippen LogP contribution is 2.36. The lowest BCUT2D eigenvalue weighted by molar-refractivity contribution is 0.0595. The molecule has 5 heteroatoms. The molecule has 4 nitrogen and oxygen atoms in total. The Labute approximate surface area is 125 Å². The van der Waals surface area contributed by atoms with Gasteiger partial charge in [0.05, 0.1) is 17.9 Å². The van der Waals surface area contributed by atoms with Crippen molar-refractivity contribution in [2.75, 3.05) is 32.6 Å². The second kappa shape index (κ2) is 6.89. The van der Waals surface area contributed by atoms with Crippen molar-refractivity contribution in [2.24, 2.45) is 5.92 Å². The highest BCUT2D eigenvalue weighted by atomic mass is 19.1. The molecule has 1 aromatic carbocycles. The van der Waals surface area contributed by atoms with E-state index in [0.29, 0.717) is 24.6 Å². The van der Waals surface area contributed by atoms with Crippen LogP contribution in [0.15, 0.2) is 18.2 Å². The number of benzene rings is 1. The van der Waals surface area contributed by atoms with E-state index in [4.69, 9.17) is 4.74 Å². The van der Waals surface area contributed by atoms with Crippen LogP contribution in [0, 0.1) is 11.7 Å².